The molecule has 0 aromatic carbocycles. The molecule has 0 fully saturated rings. The van der Waals surface area contributed by atoms with Gasteiger partial charge in [0.2, 0.25) is 0 Å². The summed E-state index contributed by atoms with van der Waals surface area (Å²) >= 11 is 0. The largest absolute Gasteiger partial charge is 0.377 e. The van der Waals surface area contributed by atoms with Crippen LogP contribution in [0.1, 0.15) is 25.5 Å². The van der Waals surface area contributed by atoms with Crippen LogP contribution in [0.25, 0.3) is 0 Å². The van der Waals surface area contributed by atoms with Crippen molar-refractivity contribution in [2.75, 3.05) is 27.4 Å². The molecule has 7 nitrogen and oxygen atoms in total. The van der Waals surface area contributed by atoms with E-state index in [1.165, 1.54) is 34.3 Å². The standard InChI is InChI=1S/C18H23NO6/c1-11(20)16(14(22)9-24-3)18(13-7-5-6-8-19-13)17(12(2)21)15(23)10-25-4/h5-8,16-18H,9-10H2,1-4H3. The lowest BCUT2D eigenvalue weighted by Gasteiger charge is -2.29. The molecule has 1 heterocycles. The van der Waals surface area contributed by atoms with Crippen LogP contribution < -0.4 is 0 Å². The molecule has 0 amide bonds. The van der Waals surface area contributed by atoms with Gasteiger partial charge in [-0.3, -0.25) is 24.2 Å². The molecular weight excluding hydrogens is 326 g/mol. The van der Waals surface area contributed by atoms with Crippen LogP contribution in [0.5, 0.6) is 0 Å². The molecule has 0 N–H and O–H groups in total. The molecule has 1 rings (SSSR count). The lowest BCUT2D eigenvalue weighted by atomic mass is 9.72. The fraction of sp³-hybridized carbons (Fsp3) is 0.500. The SMILES string of the molecule is COCC(=O)C(C(C)=O)C(c1ccccn1)C(C(C)=O)C(=O)COC. The van der Waals surface area contributed by atoms with Gasteiger partial charge >= 0.3 is 0 Å². The average molecular weight is 349 g/mol. The summed E-state index contributed by atoms with van der Waals surface area (Å²) in [5.74, 6) is -5.30. The molecule has 1 aromatic rings. The highest BCUT2D eigenvalue weighted by molar-refractivity contribution is 6.07. The highest BCUT2D eigenvalue weighted by Crippen LogP contribution is 2.34. The van der Waals surface area contributed by atoms with E-state index in [2.05, 4.69) is 4.98 Å². The smallest absolute Gasteiger partial charge is 0.169 e. The van der Waals surface area contributed by atoms with Crippen molar-refractivity contribution in [3.63, 3.8) is 0 Å². The molecule has 0 aliphatic heterocycles. The zero-order valence-corrected chi connectivity index (χ0v) is 14.9. The summed E-state index contributed by atoms with van der Waals surface area (Å²) in [4.78, 5) is 53.6. The summed E-state index contributed by atoms with van der Waals surface area (Å²) in [6.07, 6.45) is 1.48. The van der Waals surface area contributed by atoms with Gasteiger partial charge in [-0.25, -0.2) is 0 Å². The van der Waals surface area contributed by atoms with Gasteiger partial charge in [-0.2, -0.15) is 0 Å². The number of ketones is 4. The molecule has 0 saturated carbocycles. The van der Waals surface area contributed by atoms with Crippen molar-refractivity contribution in [1.29, 1.82) is 0 Å². The number of methoxy groups -OCH3 is 2. The molecule has 0 saturated heterocycles. The summed E-state index contributed by atoms with van der Waals surface area (Å²) in [6, 6.07) is 4.93. The summed E-state index contributed by atoms with van der Waals surface area (Å²) in [5, 5.41) is 0. The quantitative estimate of drug-likeness (QED) is 0.550. The summed E-state index contributed by atoms with van der Waals surface area (Å²) < 4.78 is 9.70. The van der Waals surface area contributed by atoms with Gasteiger partial charge in [-0.05, 0) is 26.0 Å². The van der Waals surface area contributed by atoms with Crippen LogP contribution in [0.15, 0.2) is 24.4 Å². The van der Waals surface area contributed by atoms with Crippen molar-refractivity contribution < 1.29 is 28.7 Å². The van der Waals surface area contributed by atoms with E-state index in [1.807, 2.05) is 0 Å². The van der Waals surface area contributed by atoms with E-state index in [0.29, 0.717) is 5.69 Å². The van der Waals surface area contributed by atoms with Gasteiger partial charge in [0.15, 0.2) is 11.6 Å². The highest BCUT2D eigenvalue weighted by atomic mass is 16.5. The number of carbonyl (C=O) groups is 4. The Bertz CT molecular complexity index is 592. The van der Waals surface area contributed by atoms with Crippen molar-refractivity contribution >= 4 is 23.1 Å². The fourth-order valence-electron chi connectivity index (χ4n) is 2.93. The van der Waals surface area contributed by atoms with Crippen LogP contribution in [-0.4, -0.2) is 55.6 Å². The number of Topliss-reactive ketones (excluding diaryl/α,β-unsaturated/α-hetero) is 4. The van der Waals surface area contributed by atoms with E-state index in [0.717, 1.165) is 0 Å². The Morgan fingerprint density at radius 1 is 0.920 bits per heavy atom. The minimum atomic E-state index is -1.20. The van der Waals surface area contributed by atoms with Crippen LogP contribution in [0, 0.1) is 11.8 Å². The molecular formula is C18H23NO6. The normalized spacial score (nSPS) is 14.4. The number of rotatable bonds is 11. The second kappa shape index (κ2) is 9.90. The molecule has 2 unspecified atom stereocenters. The molecule has 0 bridgehead atoms. The maximum absolute atomic E-state index is 12.5. The van der Waals surface area contributed by atoms with Crippen LogP contribution in [0.2, 0.25) is 0 Å². The zero-order valence-electron chi connectivity index (χ0n) is 14.9. The monoisotopic (exact) mass is 349 g/mol. The Labute approximate surface area is 146 Å². The minimum absolute atomic E-state index is 0.295. The van der Waals surface area contributed by atoms with E-state index in [4.69, 9.17) is 9.47 Å². The summed E-state index contributed by atoms with van der Waals surface area (Å²) in [7, 11) is 2.67. The maximum atomic E-state index is 12.5. The molecule has 7 heteroatoms. The third-order valence-corrected chi connectivity index (χ3v) is 3.89. The second-order valence-corrected chi connectivity index (χ2v) is 5.76. The van der Waals surface area contributed by atoms with Crippen molar-refractivity contribution in [3.05, 3.63) is 30.1 Å². The predicted octanol–water partition coefficient (Wildman–Crippen LogP) is 1.01. The van der Waals surface area contributed by atoms with Gasteiger partial charge in [0.05, 0.1) is 11.8 Å². The van der Waals surface area contributed by atoms with E-state index >= 15 is 0 Å². The number of ether oxygens (including phenoxy) is 2. The lowest BCUT2D eigenvalue weighted by Crippen LogP contribution is -2.41. The van der Waals surface area contributed by atoms with Gasteiger partial charge < -0.3 is 9.47 Å². The Morgan fingerprint density at radius 3 is 1.72 bits per heavy atom. The molecule has 2 atom stereocenters. The number of hydrogen-bond donors (Lipinski definition) is 0. The van der Waals surface area contributed by atoms with Gasteiger partial charge in [0.1, 0.15) is 24.8 Å². The Balaban J connectivity index is 3.50. The summed E-state index contributed by atoms with van der Waals surface area (Å²) in [6.45, 7) is 1.92. The van der Waals surface area contributed by atoms with Crippen LogP contribution in [0.4, 0.5) is 0 Å². The number of nitrogens with zero attached hydrogens (tertiary/aromatic N) is 1. The number of aromatic nitrogens is 1. The van der Waals surface area contributed by atoms with Crippen LogP contribution >= 0.6 is 0 Å². The Kier molecular flexibility index (Phi) is 8.24. The van der Waals surface area contributed by atoms with Gasteiger partial charge in [-0.15, -0.1) is 0 Å². The van der Waals surface area contributed by atoms with Crippen molar-refractivity contribution in [3.8, 4) is 0 Å². The van der Waals surface area contributed by atoms with E-state index in [9.17, 15) is 19.2 Å². The van der Waals surface area contributed by atoms with Crippen molar-refractivity contribution in [2.24, 2.45) is 11.8 Å². The lowest BCUT2D eigenvalue weighted by molar-refractivity contribution is -0.139. The molecule has 25 heavy (non-hydrogen) atoms. The Hall–Kier alpha value is -2.25. The first kappa shape index (κ1) is 20.8. The third kappa shape index (κ3) is 5.37. The van der Waals surface area contributed by atoms with E-state index < -0.39 is 40.9 Å². The predicted molar refractivity (Wildman–Crippen MR) is 89.1 cm³/mol. The minimum Gasteiger partial charge on any atom is -0.377 e. The van der Waals surface area contributed by atoms with E-state index in [-0.39, 0.29) is 13.2 Å². The van der Waals surface area contributed by atoms with Crippen LogP contribution in [0.3, 0.4) is 0 Å². The first-order valence-corrected chi connectivity index (χ1v) is 7.80. The highest BCUT2D eigenvalue weighted by Gasteiger charge is 2.43. The first-order chi connectivity index (χ1) is 11.8. The Morgan fingerprint density at radius 2 is 1.40 bits per heavy atom. The fourth-order valence-corrected chi connectivity index (χ4v) is 2.93. The first-order valence-electron chi connectivity index (χ1n) is 7.80. The van der Waals surface area contributed by atoms with E-state index in [1.54, 1.807) is 18.2 Å². The summed E-state index contributed by atoms with van der Waals surface area (Å²) in [5.41, 5.74) is 0.330. The number of pyridine rings is 1. The van der Waals surface area contributed by atoms with Crippen molar-refractivity contribution in [1.82, 2.24) is 4.98 Å². The van der Waals surface area contributed by atoms with Gasteiger partial charge in [0.25, 0.3) is 0 Å². The molecule has 0 radical (unpaired) electrons. The maximum Gasteiger partial charge on any atom is 0.169 e. The second-order valence-electron chi connectivity index (χ2n) is 5.76. The van der Waals surface area contributed by atoms with Gasteiger partial charge in [0, 0.05) is 32.0 Å². The third-order valence-electron chi connectivity index (χ3n) is 3.89. The van der Waals surface area contributed by atoms with Gasteiger partial charge in [-0.1, -0.05) is 6.07 Å². The number of hydrogen-bond acceptors (Lipinski definition) is 7. The molecule has 1 aromatic heterocycles. The molecule has 0 aliphatic rings. The number of carbonyl (C=O) groups excluding carboxylic acids is 4. The van der Waals surface area contributed by atoms with Crippen molar-refractivity contribution in [2.45, 2.75) is 19.8 Å². The molecule has 0 spiro atoms. The molecule has 136 valence electrons. The topological polar surface area (TPSA) is 99.6 Å². The average Bonchev–Trinajstić information content (AvgIpc) is 2.54. The zero-order chi connectivity index (χ0) is 19.0. The van der Waals surface area contributed by atoms with Crippen LogP contribution in [-0.2, 0) is 28.7 Å². The molecule has 0 aliphatic carbocycles.